The average molecular weight is 211 g/mol. The number of nitrogens with zero attached hydrogens (tertiary/aromatic N) is 2. The highest BCUT2D eigenvalue weighted by Crippen LogP contribution is 2.57. The van der Waals surface area contributed by atoms with Crippen LogP contribution in [0.4, 0.5) is 0 Å². The van der Waals surface area contributed by atoms with E-state index in [0.717, 1.165) is 17.9 Å². The van der Waals surface area contributed by atoms with Gasteiger partial charge in [0.2, 0.25) is 0 Å². The Kier molecular flexibility index (Phi) is 2.26. The fourth-order valence-electron chi connectivity index (χ4n) is 1.73. The predicted octanol–water partition coefficient (Wildman–Crippen LogP) is 3.21. The van der Waals surface area contributed by atoms with Crippen LogP contribution in [0.5, 0.6) is 0 Å². The van der Waals surface area contributed by atoms with Gasteiger partial charge in [-0.3, -0.25) is 0 Å². The Morgan fingerprint density at radius 1 is 1.50 bits per heavy atom. The van der Waals surface area contributed by atoms with Crippen molar-refractivity contribution in [2.75, 3.05) is 0 Å². The maximum atomic E-state index is 5.94. The molecule has 3 heteroatoms. The molecule has 1 atom stereocenters. The summed E-state index contributed by atoms with van der Waals surface area (Å²) in [6.07, 6.45) is 2.10. The molecule has 0 N–H and O–H groups in total. The lowest BCUT2D eigenvalue weighted by molar-refractivity contribution is 0.607. The fraction of sp³-hybridized carbons (Fsp3) is 0.636. The minimum absolute atomic E-state index is 0.371. The summed E-state index contributed by atoms with van der Waals surface area (Å²) in [5.41, 5.74) is 1.41. The van der Waals surface area contributed by atoms with E-state index < -0.39 is 0 Å². The van der Waals surface area contributed by atoms with Gasteiger partial charge in [-0.25, -0.2) is 9.97 Å². The molecule has 2 nitrogen and oxygen atoms in total. The number of rotatable bonds is 2. The number of aryl methyl sites for hydroxylation is 1. The number of hydrogen-bond donors (Lipinski definition) is 0. The van der Waals surface area contributed by atoms with Gasteiger partial charge in [0.25, 0.3) is 0 Å². The Bertz CT molecular complexity index is 360. The molecular weight excluding hydrogens is 196 g/mol. The predicted molar refractivity (Wildman–Crippen MR) is 57.6 cm³/mol. The highest BCUT2D eigenvalue weighted by Gasteiger charge is 2.48. The quantitative estimate of drug-likeness (QED) is 0.701. The summed E-state index contributed by atoms with van der Waals surface area (Å²) in [7, 11) is 0. The van der Waals surface area contributed by atoms with Gasteiger partial charge in [-0.05, 0) is 24.3 Å². The Morgan fingerprint density at radius 3 is 2.64 bits per heavy atom. The lowest BCUT2D eigenvalue weighted by Crippen LogP contribution is -2.00. The van der Waals surface area contributed by atoms with E-state index in [1.165, 1.54) is 6.42 Å². The molecule has 1 fully saturated rings. The van der Waals surface area contributed by atoms with Gasteiger partial charge in [0.1, 0.15) is 11.0 Å². The zero-order valence-electron chi connectivity index (χ0n) is 8.84. The van der Waals surface area contributed by atoms with Crippen LogP contribution >= 0.6 is 11.6 Å². The van der Waals surface area contributed by atoms with Gasteiger partial charge >= 0.3 is 0 Å². The molecule has 0 saturated heterocycles. The first-order chi connectivity index (χ1) is 6.53. The zero-order chi connectivity index (χ0) is 10.3. The molecule has 14 heavy (non-hydrogen) atoms. The highest BCUT2D eigenvalue weighted by atomic mass is 35.5. The summed E-state index contributed by atoms with van der Waals surface area (Å²) in [6, 6.07) is 1.85. The first-order valence-electron chi connectivity index (χ1n) is 5.06. The van der Waals surface area contributed by atoms with Crippen molar-refractivity contribution in [2.45, 2.75) is 39.5 Å². The largest absolute Gasteiger partial charge is 0.238 e. The van der Waals surface area contributed by atoms with Crippen LogP contribution in [0, 0.1) is 5.41 Å². The minimum atomic E-state index is 0.371. The van der Waals surface area contributed by atoms with Crippen LogP contribution in [0.1, 0.15) is 44.6 Å². The van der Waals surface area contributed by atoms with Crippen molar-refractivity contribution < 1.29 is 0 Å². The first-order valence-corrected chi connectivity index (χ1v) is 5.44. The number of halogens is 1. The van der Waals surface area contributed by atoms with Gasteiger partial charge in [0.15, 0.2) is 0 Å². The lowest BCUT2D eigenvalue weighted by atomic mass is 10.1. The Hall–Kier alpha value is -0.630. The van der Waals surface area contributed by atoms with Crippen LogP contribution in [0.3, 0.4) is 0 Å². The molecule has 0 aromatic carbocycles. The highest BCUT2D eigenvalue weighted by molar-refractivity contribution is 6.29. The molecule has 1 aliphatic rings. The first kappa shape index (κ1) is 9.91. The molecule has 1 aliphatic carbocycles. The number of hydrogen-bond acceptors (Lipinski definition) is 2. The lowest BCUT2D eigenvalue weighted by Gasteiger charge is -2.04. The third kappa shape index (κ3) is 1.76. The van der Waals surface area contributed by atoms with Crippen molar-refractivity contribution in [1.29, 1.82) is 0 Å². The fourth-order valence-corrected chi connectivity index (χ4v) is 1.94. The molecule has 1 unspecified atom stereocenters. The Labute approximate surface area is 89.7 Å². The van der Waals surface area contributed by atoms with Gasteiger partial charge in [-0.1, -0.05) is 32.4 Å². The normalized spacial score (nSPS) is 23.6. The Morgan fingerprint density at radius 2 is 2.14 bits per heavy atom. The minimum Gasteiger partial charge on any atom is -0.238 e. The molecule has 1 aromatic heterocycles. The van der Waals surface area contributed by atoms with E-state index in [0.29, 0.717) is 16.5 Å². The summed E-state index contributed by atoms with van der Waals surface area (Å²) in [6.45, 7) is 6.57. The zero-order valence-corrected chi connectivity index (χ0v) is 9.60. The molecule has 1 saturated carbocycles. The second-order valence-electron chi connectivity index (χ2n) is 4.64. The summed E-state index contributed by atoms with van der Waals surface area (Å²) in [5.74, 6) is 1.44. The molecule has 0 amide bonds. The van der Waals surface area contributed by atoms with Crippen LogP contribution in [-0.4, -0.2) is 9.97 Å². The van der Waals surface area contributed by atoms with Gasteiger partial charge in [0, 0.05) is 11.6 Å². The van der Waals surface area contributed by atoms with Crippen molar-refractivity contribution in [2.24, 2.45) is 5.41 Å². The average Bonchev–Trinajstić information content (AvgIpc) is 2.74. The third-order valence-electron chi connectivity index (χ3n) is 2.95. The summed E-state index contributed by atoms with van der Waals surface area (Å²) in [4.78, 5) is 8.81. The van der Waals surface area contributed by atoms with E-state index in [1.807, 2.05) is 6.07 Å². The monoisotopic (exact) mass is 210 g/mol. The van der Waals surface area contributed by atoms with E-state index in [2.05, 4.69) is 30.7 Å². The van der Waals surface area contributed by atoms with Gasteiger partial charge in [-0.15, -0.1) is 0 Å². The standard InChI is InChI=1S/C11H15ClN2/c1-4-7-5-9(12)14-10(13-7)8-6-11(8,2)3/h5,8H,4,6H2,1-3H3. The van der Waals surface area contributed by atoms with Gasteiger partial charge in [0.05, 0.1) is 0 Å². The van der Waals surface area contributed by atoms with Gasteiger partial charge < -0.3 is 0 Å². The van der Waals surface area contributed by atoms with Crippen LogP contribution in [0.15, 0.2) is 6.07 Å². The molecule has 1 aromatic rings. The molecule has 76 valence electrons. The van der Waals surface area contributed by atoms with Crippen molar-refractivity contribution in [3.63, 3.8) is 0 Å². The van der Waals surface area contributed by atoms with Crippen LogP contribution in [0.2, 0.25) is 5.15 Å². The summed E-state index contributed by atoms with van der Waals surface area (Å²) < 4.78 is 0. The molecule has 0 spiro atoms. The molecule has 0 radical (unpaired) electrons. The van der Waals surface area contributed by atoms with Crippen LogP contribution < -0.4 is 0 Å². The molecule has 1 heterocycles. The maximum absolute atomic E-state index is 5.94. The van der Waals surface area contributed by atoms with Gasteiger partial charge in [-0.2, -0.15) is 0 Å². The Balaban J connectivity index is 2.31. The summed E-state index contributed by atoms with van der Waals surface area (Å²) in [5, 5.41) is 0.578. The van der Waals surface area contributed by atoms with Crippen LogP contribution in [-0.2, 0) is 6.42 Å². The molecular formula is C11H15ClN2. The van der Waals surface area contributed by atoms with Crippen molar-refractivity contribution in [1.82, 2.24) is 9.97 Å². The topological polar surface area (TPSA) is 25.8 Å². The van der Waals surface area contributed by atoms with Crippen LogP contribution in [0.25, 0.3) is 0 Å². The van der Waals surface area contributed by atoms with E-state index in [-0.39, 0.29) is 0 Å². The molecule has 0 aliphatic heterocycles. The second-order valence-corrected chi connectivity index (χ2v) is 5.03. The van der Waals surface area contributed by atoms with Crippen molar-refractivity contribution in [3.8, 4) is 0 Å². The van der Waals surface area contributed by atoms with Crippen molar-refractivity contribution >= 4 is 11.6 Å². The molecule has 2 rings (SSSR count). The van der Waals surface area contributed by atoms with Crippen molar-refractivity contribution in [3.05, 3.63) is 22.7 Å². The number of aromatic nitrogens is 2. The second kappa shape index (κ2) is 3.20. The SMILES string of the molecule is CCc1cc(Cl)nc(C2CC2(C)C)n1. The van der Waals surface area contributed by atoms with E-state index in [4.69, 9.17) is 11.6 Å². The summed E-state index contributed by atoms with van der Waals surface area (Å²) >= 11 is 5.94. The smallest absolute Gasteiger partial charge is 0.133 e. The molecule has 0 bridgehead atoms. The maximum Gasteiger partial charge on any atom is 0.133 e. The third-order valence-corrected chi connectivity index (χ3v) is 3.15. The van der Waals surface area contributed by atoms with E-state index in [1.54, 1.807) is 0 Å². The van der Waals surface area contributed by atoms with E-state index >= 15 is 0 Å². The van der Waals surface area contributed by atoms with E-state index in [9.17, 15) is 0 Å².